The molecule has 134 valence electrons. The number of amides is 1. The van der Waals surface area contributed by atoms with E-state index < -0.39 is 0 Å². The summed E-state index contributed by atoms with van der Waals surface area (Å²) in [5.41, 5.74) is 0.837. The van der Waals surface area contributed by atoms with Gasteiger partial charge in [-0.15, -0.1) is 10.2 Å². The Bertz CT molecular complexity index is 715. The van der Waals surface area contributed by atoms with Crippen LogP contribution >= 0.6 is 11.8 Å². The minimum Gasteiger partial charge on any atom is -0.495 e. The van der Waals surface area contributed by atoms with Crippen LogP contribution < -0.4 is 10.1 Å². The smallest absolute Gasteiger partial charge is 0.233 e. The number of thioether (sulfide) groups is 1. The normalized spacial score (nSPS) is 18.1. The monoisotopic (exact) mass is 362 g/mol. The Kier molecular flexibility index (Phi) is 5.93. The number of hydrogen-bond acceptors (Lipinski definition) is 6. The molecular formula is C17H22N4O3S. The van der Waals surface area contributed by atoms with Crippen molar-refractivity contribution in [2.75, 3.05) is 20.3 Å². The molecule has 1 fully saturated rings. The first-order valence-corrected chi connectivity index (χ1v) is 9.16. The average Bonchev–Trinajstić information content (AvgIpc) is 3.31. The van der Waals surface area contributed by atoms with Crippen molar-refractivity contribution in [1.82, 2.24) is 20.1 Å². The van der Waals surface area contributed by atoms with Crippen molar-refractivity contribution < 1.29 is 14.3 Å². The zero-order valence-corrected chi connectivity index (χ0v) is 15.2. The number of para-hydroxylation sites is 2. The Morgan fingerprint density at radius 1 is 1.52 bits per heavy atom. The first kappa shape index (κ1) is 17.8. The zero-order chi connectivity index (χ0) is 17.6. The van der Waals surface area contributed by atoms with Crippen molar-refractivity contribution in [3.63, 3.8) is 0 Å². The largest absolute Gasteiger partial charge is 0.495 e. The van der Waals surface area contributed by atoms with Crippen LogP contribution in [0.2, 0.25) is 0 Å². The van der Waals surface area contributed by atoms with Gasteiger partial charge in [0.2, 0.25) is 5.91 Å². The SMILES string of the molecule is COc1ccccc1-n1cnnc1S[C@@H](C)C(=O)NC[C@@H]1CCCO1. The number of hydrogen-bond donors (Lipinski definition) is 1. The van der Waals surface area contributed by atoms with Crippen LogP contribution in [0.3, 0.4) is 0 Å². The van der Waals surface area contributed by atoms with E-state index in [9.17, 15) is 4.79 Å². The predicted molar refractivity (Wildman–Crippen MR) is 95.2 cm³/mol. The molecule has 1 aliphatic heterocycles. The summed E-state index contributed by atoms with van der Waals surface area (Å²) in [7, 11) is 1.62. The van der Waals surface area contributed by atoms with Crippen LogP contribution in [-0.4, -0.2) is 52.3 Å². The lowest BCUT2D eigenvalue weighted by molar-refractivity contribution is -0.120. The molecule has 0 spiro atoms. The van der Waals surface area contributed by atoms with Gasteiger partial charge in [0.1, 0.15) is 12.1 Å². The Labute approximate surface area is 151 Å². The minimum atomic E-state index is -0.293. The van der Waals surface area contributed by atoms with Crippen LogP contribution in [0.5, 0.6) is 5.75 Å². The van der Waals surface area contributed by atoms with Gasteiger partial charge in [0.25, 0.3) is 0 Å². The van der Waals surface area contributed by atoms with Crippen molar-refractivity contribution >= 4 is 17.7 Å². The Balaban J connectivity index is 1.65. The first-order chi connectivity index (χ1) is 12.2. The van der Waals surface area contributed by atoms with E-state index in [1.165, 1.54) is 11.8 Å². The first-order valence-electron chi connectivity index (χ1n) is 8.28. The molecule has 0 unspecified atom stereocenters. The van der Waals surface area contributed by atoms with Gasteiger partial charge < -0.3 is 14.8 Å². The lowest BCUT2D eigenvalue weighted by Gasteiger charge is -2.15. The summed E-state index contributed by atoms with van der Waals surface area (Å²) in [6, 6.07) is 7.63. The fourth-order valence-electron chi connectivity index (χ4n) is 2.67. The number of nitrogens with zero attached hydrogens (tertiary/aromatic N) is 3. The summed E-state index contributed by atoms with van der Waals surface area (Å²) >= 11 is 1.36. The van der Waals surface area contributed by atoms with Gasteiger partial charge in [-0.05, 0) is 31.9 Å². The number of carbonyl (C=O) groups is 1. The number of rotatable bonds is 7. The van der Waals surface area contributed by atoms with Crippen LogP contribution in [-0.2, 0) is 9.53 Å². The third-order valence-electron chi connectivity index (χ3n) is 4.04. The van der Waals surface area contributed by atoms with E-state index in [-0.39, 0.29) is 17.3 Å². The average molecular weight is 362 g/mol. The summed E-state index contributed by atoms with van der Waals surface area (Å²) in [4.78, 5) is 12.3. The number of carbonyl (C=O) groups excluding carboxylic acids is 1. The number of ether oxygens (including phenoxy) is 2. The highest BCUT2D eigenvalue weighted by atomic mass is 32.2. The summed E-state index contributed by atoms with van der Waals surface area (Å²) < 4.78 is 12.7. The van der Waals surface area contributed by atoms with Gasteiger partial charge in [-0.2, -0.15) is 0 Å². The fourth-order valence-corrected chi connectivity index (χ4v) is 3.53. The van der Waals surface area contributed by atoms with Gasteiger partial charge >= 0.3 is 0 Å². The van der Waals surface area contributed by atoms with Gasteiger partial charge in [-0.25, -0.2) is 0 Å². The van der Waals surface area contributed by atoms with E-state index in [1.54, 1.807) is 13.4 Å². The Hall–Kier alpha value is -2.06. The molecule has 7 nitrogen and oxygen atoms in total. The van der Waals surface area contributed by atoms with Gasteiger partial charge in [0.05, 0.1) is 24.2 Å². The molecule has 1 aliphatic rings. The maximum Gasteiger partial charge on any atom is 0.233 e. The van der Waals surface area contributed by atoms with E-state index >= 15 is 0 Å². The molecule has 2 heterocycles. The molecule has 25 heavy (non-hydrogen) atoms. The molecule has 1 N–H and O–H groups in total. The highest BCUT2D eigenvalue weighted by molar-refractivity contribution is 8.00. The molecule has 0 radical (unpaired) electrons. The minimum absolute atomic E-state index is 0.0323. The molecule has 0 bridgehead atoms. The van der Waals surface area contributed by atoms with Gasteiger partial charge in [0.15, 0.2) is 5.16 Å². The van der Waals surface area contributed by atoms with Crippen molar-refractivity contribution in [3.8, 4) is 11.4 Å². The van der Waals surface area contributed by atoms with Crippen molar-refractivity contribution in [2.45, 2.75) is 36.3 Å². The third kappa shape index (κ3) is 4.32. The van der Waals surface area contributed by atoms with Crippen LogP contribution in [0.25, 0.3) is 5.69 Å². The van der Waals surface area contributed by atoms with Gasteiger partial charge in [0, 0.05) is 13.2 Å². The molecule has 2 atom stereocenters. The van der Waals surface area contributed by atoms with Crippen LogP contribution in [0.1, 0.15) is 19.8 Å². The molecular weight excluding hydrogens is 340 g/mol. The van der Waals surface area contributed by atoms with Crippen molar-refractivity contribution in [2.24, 2.45) is 0 Å². The molecule has 3 rings (SSSR count). The van der Waals surface area contributed by atoms with Gasteiger partial charge in [-0.1, -0.05) is 23.9 Å². The van der Waals surface area contributed by atoms with Crippen molar-refractivity contribution in [1.29, 1.82) is 0 Å². The fraction of sp³-hybridized carbons (Fsp3) is 0.471. The second-order valence-electron chi connectivity index (χ2n) is 5.80. The molecule has 8 heteroatoms. The summed E-state index contributed by atoms with van der Waals surface area (Å²) in [6.45, 7) is 3.20. The molecule has 1 saturated heterocycles. The Morgan fingerprint density at radius 2 is 2.36 bits per heavy atom. The maximum absolute atomic E-state index is 12.3. The van der Waals surface area contributed by atoms with E-state index in [0.29, 0.717) is 11.7 Å². The molecule has 1 aromatic carbocycles. The lowest BCUT2D eigenvalue weighted by Crippen LogP contribution is -2.36. The highest BCUT2D eigenvalue weighted by Gasteiger charge is 2.21. The maximum atomic E-state index is 12.3. The standard InChI is InChI=1S/C17H22N4O3S/c1-12(16(22)18-10-13-6-5-9-24-13)25-17-20-19-11-21(17)14-7-3-4-8-15(14)23-2/h3-4,7-8,11-13H,5-6,9-10H2,1-2H3,(H,18,22)/t12-,13-/m0/s1. The Morgan fingerprint density at radius 3 is 3.12 bits per heavy atom. The number of benzene rings is 1. The van der Waals surface area contributed by atoms with Gasteiger partial charge in [-0.3, -0.25) is 9.36 Å². The highest BCUT2D eigenvalue weighted by Crippen LogP contribution is 2.28. The molecule has 1 aromatic heterocycles. The van der Waals surface area contributed by atoms with Crippen LogP contribution in [0, 0.1) is 0 Å². The van der Waals surface area contributed by atoms with Crippen LogP contribution in [0.15, 0.2) is 35.7 Å². The lowest BCUT2D eigenvalue weighted by atomic mass is 10.2. The molecule has 2 aromatic rings. The van der Waals surface area contributed by atoms with Crippen molar-refractivity contribution in [3.05, 3.63) is 30.6 Å². The number of nitrogens with one attached hydrogen (secondary N) is 1. The summed E-state index contributed by atoms with van der Waals surface area (Å²) in [5.74, 6) is 0.690. The van der Waals surface area contributed by atoms with E-state index in [2.05, 4.69) is 15.5 Å². The van der Waals surface area contributed by atoms with Crippen LogP contribution in [0.4, 0.5) is 0 Å². The topological polar surface area (TPSA) is 78.3 Å². The summed E-state index contributed by atoms with van der Waals surface area (Å²) in [6.07, 6.45) is 3.83. The van der Waals surface area contributed by atoms with E-state index in [4.69, 9.17) is 9.47 Å². The molecule has 0 saturated carbocycles. The summed E-state index contributed by atoms with van der Waals surface area (Å²) in [5, 5.41) is 11.4. The molecule has 1 amide bonds. The third-order valence-corrected chi connectivity index (χ3v) is 5.10. The van der Waals surface area contributed by atoms with E-state index in [0.717, 1.165) is 30.9 Å². The molecule has 0 aliphatic carbocycles. The number of methoxy groups -OCH3 is 1. The predicted octanol–water partition coefficient (Wildman–Crippen LogP) is 2.05. The second kappa shape index (κ2) is 8.35. The number of aromatic nitrogens is 3. The van der Waals surface area contributed by atoms with E-state index in [1.807, 2.05) is 35.8 Å². The zero-order valence-electron chi connectivity index (χ0n) is 14.3. The second-order valence-corrected chi connectivity index (χ2v) is 7.10. The quantitative estimate of drug-likeness (QED) is 0.760.